The lowest BCUT2D eigenvalue weighted by atomic mass is 10.2. The summed E-state index contributed by atoms with van der Waals surface area (Å²) in [6, 6.07) is 13.6. The third-order valence-electron chi connectivity index (χ3n) is 4.17. The molecule has 0 fully saturated rings. The van der Waals surface area contributed by atoms with Gasteiger partial charge in [-0.25, -0.2) is 0 Å². The Kier molecular flexibility index (Phi) is 4.10. The number of thiophene rings is 1. The first-order chi connectivity index (χ1) is 12.6. The van der Waals surface area contributed by atoms with Crippen LogP contribution in [0.25, 0.3) is 0 Å². The molecule has 0 radical (unpaired) electrons. The standard InChI is InChI=1S/C18H14N4O3S/c23-18-15-7-2-8-19-16(15)17(21(18)11-14-6-3-9-26-14)20-12-4-1-5-13(10-12)22(24)25/h1-10,17,20H,11H2/t17-/m1/s1. The van der Waals surface area contributed by atoms with E-state index in [0.29, 0.717) is 23.5 Å². The summed E-state index contributed by atoms with van der Waals surface area (Å²) in [6.45, 7) is 0.444. The molecule has 1 N–H and O–H groups in total. The van der Waals surface area contributed by atoms with Gasteiger partial charge in [-0.2, -0.15) is 0 Å². The lowest BCUT2D eigenvalue weighted by Crippen LogP contribution is -2.31. The number of nitrogens with one attached hydrogen (secondary N) is 1. The summed E-state index contributed by atoms with van der Waals surface area (Å²) in [5.74, 6) is -0.107. The van der Waals surface area contributed by atoms with Crippen LogP contribution in [0.4, 0.5) is 11.4 Å². The summed E-state index contributed by atoms with van der Waals surface area (Å²) in [5.41, 5.74) is 1.73. The Balaban J connectivity index is 1.69. The monoisotopic (exact) mass is 366 g/mol. The van der Waals surface area contributed by atoms with Crippen molar-refractivity contribution in [2.75, 3.05) is 5.32 Å². The molecule has 26 heavy (non-hydrogen) atoms. The predicted octanol–water partition coefficient (Wildman–Crippen LogP) is 3.82. The number of anilines is 1. The van der Waals surface area contributed by atoms with Crippen LogP contribution >= 0.6 is 11.3 Å². The SMILES string of the molecule is O=C1c2cccnc2[C@H](Nc2cccc([N+](=O)[O-])c2)N1Cc1cccs1. The van der Waals surface area contributed by atoms with Gasteiger partial charge in [0.2, 0.25) is 0 Å². The molecule has 0 aliphatic carbocycles. The zero-order chi connectivity index (χ0) is 18.1. The molecule has 0 bridgehead atoms. The van der Waals surface area contributed by atoms with Crippen LogP contribution in [0.2, 0.25) is 0 Å². The largest absolute Gasteiger partial charge is 0.360 e. The molecule has 1 amide bonds. The normalized spacial score (nSPS) is 15.8. The second-order valence-corrected chi connectivity index (χ2v) is 6.84. The van der Waals surface area contributed by atoms with Crippen LogP contribution in [0.5, 0.6) is 0 Å². The number of fused-ring (bicyclic) bond motifs is 1. The van der Waals surface area contributed by atoms with Gasteiger partial charge in [-0.05, 0) is 29.6 Å². The van der Waals surface area contributed by atoms with E-state index in [4.69, 9.17) is 0 Å². The molecule has 130 valence electrons. The average Bonchev–Trinajstić information content (AvgIpc) is 3.25. The number of carbonyl (C=O) groups is 1. The number of hydrogen-bond donors (Lipinski definition) is 1. The van der Waals surface area contributed by atoms with E-state index in [9.17, 15) is 14.9 Å². The van der Waals surface area contributed by atoms with Crippen molar-refractivity contribution >= 4 is 28.6 Å². The van der Waals surface area contributed by atoms with E-state index in [0.717, 1.165) is 4.88 Å². The number of hydrogen-bond acceptors (Lipinski definition) is 6. The van der Waals surface area contributed by atoms with E-state index < -0.39 is 11.1 Å². The van der Waals surface area contributed by atoms with Crippen molar-refractivity contribution in [3.63, 3.8) is 0 Å². The Labute approximate surface area is 153 Å². The molecule has 4 rings (SSSR count). The van der Waals surface area contributed by atoms with E-state index in [1.807, 2.05) is 17.5 Å². The zero-order valence-corrected chi connectivity index (χ0v) is 14.3. The van der Waals surface area contributed by atoms with Gasteiger partial charge in [-0.15, -0.1) is 11.3 Å². The first-order valence-corrected chi connectivity index (χ1v) is 8.81. The van der Waals surface area contributed by atoms with Gasteiger partial charge >= 0.3 is 0 Å². The number of amides is 1. The van der Waals surface area contributed by atoms with Gasteiger partial charge in [0.05, 0.1) is 22.7 Å². The van der Waals surface area contributed by atoms with Crippen LogP contribution in [0, 0.1) is 10.1 Å². The Morgan fingerprint density at radius 2 is 2.12 bits per heavy atom. The number of pyridine rings is 1. The van der Waals surface area contributed by atoms with Crippen molar-refractivity contribution in [2.45, 2.75) is 12.7 Å². The van der Waals surface area contributed by atoms with Crippen molar-refractivity contribution in [3.05, 3.63) is 86.4 Å². The Morgan fingerprint density at radius 3 is 2.88 bits per heavy atom. The Bertz CT molecular complexity index is 974. The average molecular weight is 366 g/mol. The summed E-state index contributed by atoms with van der Waals surface area (Å²) < 4.78 is 0. The number of nitrogens with zero attached hydrogens (tertiary/aromatic N) is 3. The maximum atomic E-state index is 12.8. The minimum absolute atomic E-state index is 0.00891. The minimum atomic E-state index is -0.484. The maximum absolute atomic E-state index is 12.8. The predicted molar refractivity (Wildman–Crippen MR) is 97.9 cm³/mol. The van der Waals surface area contributed by atoms with Gasteiger partial charge < -0.3 is 10.2 Å². The zero-order valence-electron chi connectivity index (χ0n) is 13.5. The number of benzene rings is 1. The molecule has 0 spiro atoms. The van der Waals surface area contributed by atoms with Gasteiger partial charge in [0.25, 0.3) is 11.6 Å². The van der Waals surface area contributed by atoms with Crippen molar-refractivity contribution < 1.29 is 9.72 Å². The smallest absolute Gasteiger partial charge is 0.271 e. The van der Waals surface area contributed by atoms with Gasteiger partial charge in [-0.3, -0.25) is 19.9 Å². The molecule has 2 aromatic heterocycles. The Morgan fingerprint density at radius 1 is 1.23 bits per heavy atom. The van der Waals surface area contributed by atoms with Crippen molar-refractivity contribution in [3.8, 4) is 0 Å². The summed E-state index contributed by atoms with van der Waals surface area (Å²) in [4.78, 5) is 30.5. The second kappa shape index (κ2) is 6.57. The summed E-state index contributed by atoms with van der Waals surface area (Å²) in [7, 11) is 0. The highest BCUT2D eigenvalue weighted by Gasteiger charge is 2.38. The van der Waals surface area contributed by atoms with Crippen LogP contribution in [-0.4, -0.2) is 20.7 Å². The summed E-state index contributed by atoms with van der Waals surface area (Å²) in [6.07, 6.45) is 1.16. The molecule has 0 saturated carbocycles. The number of non-ortho nitro benzene ring substituents is 1. The third-order valence-corrected chi connectivity index (χ3v) is 5.03. The van der Waals surface area contributed by atoms with Crippen LogP contribution in [0.3, 0.4) is 0 Å². The molecule has 1 aliphatic rings. The number of carbonyl (C=O) groups excluding carboxylic acids is 1. The first-order valence-electron chi connectivity index (χ1n) is 7.93. The molecule has 0 saturated heterocycles. The lowest BCUT2D eigenvalue weighted by Gasteiger charge is -2.26. The molecule has 7 nitrogen and oxygen atoms in total. The van der Waals surface area contributed by atoms with Crippen LogP contribution in [0.1, 0.15) is 27.1 Å². The molecule has 3 aromatic rings. The Hall–Kier alpha value is -3.26. The highest BCUT2D eigenvalue weighted by Crippen LogP contribution is 2.35. The number of nitro groups is 1. The topological polar surface area (TPSA) is 88.4 Å². The van der Waals surface area contributed by atoms with Gasteiger partial charge in [0.15, 0.2) is 0 Å². The fourth-order valence-electron chi connectivity index (χ4n) is 2.98. The molecule has 0 unspecified atom stereocenters. The van der Waals surface area contributed by atoms with Crippen LogP contribution < -0.4 is 5.32 Å². The van der Waals surface area contributed by atoms with E-state index in [2.05, 4.69) is 10.3 Å². The van der Waals surface area contributed by atoms with Crippen molar-refractivity contribution in [1.82, 2.24) is 9.88 Å². The first kappa shape index (κ1) is 16.2. The third kappa shape index (κ3) is 2.91. The fourth-order valence-corrected chi connectivity index (χ4v) is 3.69. The second-order valence-electron chi connectivity index (χ2n) is 5.80. The maximum Gasteiger partial charge on any atom is 0.271 e. The van der Waals surface area contributed by atoms with Gasteiger partial charge in [0, 0.05) is 28.9 Å². The quantitative estimate of drug-likeness (QED) is 0.548. The van der Waals surface area contributed by atoms with Crippen LogP contribution in [0.15, 0.2) is 60.1 Å². The highest BCUT2D eigenvalue weighted by atomic mass is 32.1. The van der Waals surface area contributed by atoms with E-state index in [1.165, 1.54) is 12.1 Å². The lowest BCUT2D eigenvalue weighted by molar-refractivity contribution is -0.384. The highest BCUT2D eigenvalue weighted by molar-refractivity contribution is 7.09. The minimum Gasteiger partial charge on any atom is -0.360 e. The van der Waals surface area contributed by atoms with E-state index in [-0.39, 0.29) is 11.6 Å². The van der Waals surface area contributed by atoms with E-state index >= 15 is 0 Å². The van der Waals surface area contributed by atoms with Crippen LogP contribution in [-0.2, 0) is 6.54 Å². The summed E-state index contributed by atoms with van der Waals surface area (Å²) in [5, 5.41) is 16.2. The van der Waals surface area contributed by atoms with Gasteiger partial charge in [-0.1, -0.05) is 12.1 Å². The number of nitro benzene ring substituents is 1. The van der Waals surface area contributed by atoms with Crippen molar-refractivity contribution in [1.29, 1.82) is 0 Å². The molecule has 1 atom stereocenters. The molecular formula is C18H14N4O3S. The number of aromatic nitrogens is 1. The molecule has 1 aliphatic heterocycles. The molecule has 3 heterocycles. The fraction of sp³-hybridized carbons (Fsp3) is 0.111. The van der Waals surface area contributed by atoms with Gasteiger partial charge in [0.1, 0.15) is 6.17 Å². The van der Waals surface area contributed by atoms with Crippen molar-refractivity contribution in [2.24, 2.45) is 0 Å². The summed E-state index contributed by atoms with van der Waals surface area (Å²) >= 11 is 1.57. The molecular weight excluding hydrogens is 352 g/mol. The number of rotatable bonds is 5. The molecule has 1 aromatic carbocycles. The molecule has 8 heteroatoms. The van der Waals surface area contributed by atoms with E-state index in [1.54, 1.807) is 46.7 Å².